The molecular formula is C58H43N13O10S8Y5-4. The molecule has 36 heteroatoms. The van der Waals surface area contributed by atoms with Gasteiger partial charge in [0.05, 0.1) is 16.2 Å². The number of carboxylic acid groups (broad SMARTS) is 5. The van der Waals surface area contributed by atoms with Crippen LogP contribution in [-0.4, -0.2) is 174 Å². The zero-order valence-electron chi connectivity index (χ0n) is 47.9. The maximum atomic E-state index is 10.9. The molecule has 94 heavy (non-hydrogen) atoms. The summed E-state index contributed by atoms with van der Waals surface area (Å²) in [6.45, 7) is 0. The number of aryl methyl sites for hydroxylation is 1. The van der Waals surface area contributed by atoms with Crippen molar-refractivity contribution >= 4 is 201 Å². The van der Waals surface area contributed by atoms with E-state index in [0.29, 0.717) is 48.9 Å². The van der Waals surface area contributed by atoms with E-state index < -0.39 is 60.1 Å². The Hall–Kier alpha value is -2.65. The zero-order chi connectivity index (χ0) is 61.4. The average molecular weight is 1780 g/mol. The third kappa shape index (κ3) is 20.7. The Morgan fingerprint density at radius 1 is 0.415 bits per heavy atom. The molecular weight excluding hydrogens is 1740 g/mol. The first kappa shape index (κ1) is 82.0. The Balaban J connectivity index is 0.000000210. The van der Waals surface area contributed by atoms with Crippen molar-refractivity contribution in [3.8, 4) is 0 Å². The molecule has 0 aliphatic carbocycles. The normalized spacial score (nSPS) is 18.0. The molecule has 0 fully saturated rings. The van der Waals surface area contributed by atoms with E-state index in [4.69, 9.17) is 25.5 Å². The van der Waals surface area contributed by atoms with Crippen LogP contribution < -0.4 is 4.57 Å². The van der Waals surface area contributed by atoms with E-state index >= 15 is 0 Å². The minimum absolute atomic E-state index is 0. The Kier molecular flexibility index (Phi) is 33.9. The summed E-state index contributed by atoms with van der Waals surface area (Å²) in [6, 6.07) is 32.3. The molecule has 467 valence electrons. The van der Waals surface area contributed by atoms with Crippen LogP contribution in [0, 0.1) is 30.7 Å². The fourth-order valence-corrected chi connectivity index (χ4v) is 16.4. The van der Waals surface area contributed by atoms with Crippen LogP contribution in [0.15, 0.2) is 122 Å². The van der Waals surface area contributed by atoms with E-state index in [0.717, 1.165) is 84.3 Å². The van der Waals surface area contributed by atoms with Gasteiger partial charge in [0.2, 0.25) is 0 Å². The standard InChI is InChI=1S/2C13H9N2O2S.C11H9N3O2S2.2C10H6N3O2S2.CH4.5Y/c2*16-13(17)11-7-18-12(15-11)10-6-5-8-3-1-2-4-9(8)14-10;1-14-7-3-2-4-12-8(7)18-10(14)9-13-6(5-17-9)11(15)16;2*14-10(15)6-4-16-8(13-6)9-12-5-2-1-3-11-7(5)17-9;;;;;;/h2*2-6,11H,7H2,(H,16,17);2-3,6H,5H2,1H3,(H,15,16);2*1-2,6H,4H2,(H,14,15);1H4;;;;;/q2*-1;;2*-1;;;;;;. The molecule has 5 N–H and O–H groups in total. The van der Waals surface area contributed by atoms with E-state index in [-0.39, 0.29) is 171 Å². The SMILES string of the molecule is C.C[n+]1c(C2=NC(C(=O)O)CS2)sc2n[c-]ccc21.O=C(O)C1CSC(c2ccc3c[c-]ccc3n2)=N1.O=C(O)C1CSC(c2ccc3c[c-]ccc3n2)=N1.O=C(O)C1CSC(c2nc3cc[c-]nc3s2)=N1.O=C(O)C1CSC(c2nc3cc[c-]nc3s2)=N1.[Y].[Y].[Y].[Y].[Y]. The minimum atomic E-state index is -0.889. The van der Waals surface area contributed by atoms with E-state index in [1.165, 1.54) is 92.8 Å². The quantitative estimate of drug-likeness (QED) is 0.0634. The summed E-state index contributed by atoms with van der Waals surface area (Å²) in [4.78, 5) is 108. The molecule has 0 saturated carbocycles. The monoisotopic (exact) mass is 1780 g/mol. The molecule has 15 rings (SSSR count). The number of hydrogen-bond donors (Lipinski definition) is 5. The van der Waals surface area contributed by atoms with E-state index in [9.17, 15) is 24.0 Å². The van der Waals surface area contributed by atoms with Gasteiger partial charge in [-0.05, 0) is 34.2 Å². The second-order valence-electron chi connectivity index (χ2n) is 18.4. The summed E-state index contributed by atoms with van der Waals surface area (Å²) in [5.41, 5.74) is 5.82. The molecule has 5 radical (unpaired) electrons. The third-order valence-electron chi connectivity index (χ3n) is 12.5. The number of aliphatic carboxylic acids is 5. The number of benzene rings is 2. The molecule has 2 aromatic carbocycles. The van der Waals surface area contributed by atoms with Crippen molar-refractivity contribution in [3.63, 3.8) is 0 Å². The van der Waals surface area contributed by atoms with Crippen molar-refractivity contribution in [2.45, 2.75) is 37.6 Å². The maximum Gasteiger partial charge on any atom is 0.329 e. The molecule has 8 aromatic heterocycles. The van der Waals surface area contributed by atoms with E-state index in [1.807, 2.05) is 90.5 Å². The largest absolute Gasteiger partial charge is 0.480 e. The number of carbonyl (C=O) groups is 5. The van der Waals surface area contributed by atoms with Crippen LogP contribution in [0.2, 0.25) is 0 Å². The smallest absolute Gasteiger partial charge is 0.329 e. The van der Waals surface area contributed by atoms with Gasteiger partial charge in [-0.1, -0.05) is 43.8 Å². The van der Waals surface area contributed by atoms with Crippen molar-refractivity contribution in [3.05, 3.63) is 154 Å². The van der Waals surface area contributed by atoms with Crippen molar-refractivity contribution in [2.75, 3.05) is 28.8 Å². The van der Waals surface area contributed by atoms with Crippen LogP contribution >= 0.6 is 92.8 Å². The molecule has 10 aromatic rings. The predicted octanol–water partition coefficient (Wildman–Crippen LogP) is 8.33. The van der Waals surface area contributed by atoms with Crippen LogP contribution in [0.1, 0.15) is 33.8 Å². The van der Waals surface area contributed by atoms with Crippen molar-refractivity contribution < 1.29 is 218 Å². The van der Waals surface area contributed by atoms with Gasteiger partial charge in [-0.2, -0.15) is 77.3 Å². The summed E-state index contributed by atoms with van der Waals surface area (Å²) in [7, 11) is 1.94. The van der Waals surface area contributed by atoms with Crippen molar-refractivity contribution in [1.29, 1.82) is 0 Å². The number of aliphatic imine (C=N–C) groups is 5. The van der Waals surface area contributed by atoms with Crippen LogP contribution in [0.4, 0.5) is 0 Å². The van der Waals surface area contributed by atoms with Gasteiger partial charge in [0.25, 0.3) is 5.01 Å². The summed E-state index contributed by atoms with van der Waals surface area (Å²) < 4.78 is 2.00. The fraction of sp³-hybridized carbons (Fsp3) is 0.207. The van der Waals surface area contributed by atoms with Gasteiger partial charge in [-0.25, -0.2) is 28.5 Å². The first-order chi connectivity index (χ1) is 42.6. The molecule has 5 aliphatic heterocycles. The summed E-state index contributed by atoms with van der Waals surface area (Å²) in [6.07, 6.45) is 8.29. The number of carboxylic acids is 5. The molecule has 5 unspecified atom stereocenters. The number of rotatable bonds is 10. The Morgan fingerprint density at radius 3 is 1.13 bits per heavy atom. The van der Waals surface area contributed by atoms with Crippen LogP contribution in [0.5, 0.6) is 0 Å². The van der Waals surface area contributed by atoms with Gasteiger partial charge in [-0.3, -0.25) is 44.9 Å². The summed E-state index contributed by atoms with van der Waals surface area (Å²) in [5, 5.41) is 52.5. The Bertz CT molecular complexity index is 4270. The molecule has 0 spiro atoms. The number of nitrogens with zero attached hydrogens (tertiary/aromatic N) is 13. The number of aromatic nitrogens is 8. The van der Waals surface area contributed by atoms with Gasteiger partial charge >= 0.3 is 29.8 Å². The third-order valence-corrected chi connectivity index (χ3v) is 21.3. The molecule has 0 saturated heterocycles. The topological polar surface area (TPSA) is 342 Å². The summed E-state index contributed by atoms with van der Waals surface area (Å²) in [5.74, 6) is -2.01. The number of thiazole rings is 3. The van der Waals surface area contributed by atoms with Gasteiger partial charge in [0, 0.05) is 202 Å². The van der Waals surface area contributed by atoms with Crippen LogP contribution in [0.25, 0.3) is 52.8 Å². The second kappa shape index (κ2) is 38.8. The van der Waals surface area contributed by atoms with Crippen molar-refractivity contribution in [1.82, 2.24) is 34.9 Å². The zero-order valence-corrected chi connectivity index (χ0v) is 68.6. The minimum Gasteiger partial charge on any atom is -0.480 e. The average Bonchev–Trinajstić information content (AvgIpc) is 1.61. The molecule has 5 aliphatic rings. The Labute approximate surface area is 695 Å². The molecule has 0 bridgehead atoms. The van der Waals surface area contributed by atoms with Gasteiger partial charge in [-0.15, -0.1) is 106 Å². The second-order valence-corrected chi connectivity index (χ2v) is 26.4. The van der Waals surface area contributed by atoms with Gasteiger partial charge in [0.1, 0.15) is 42.8 Å². The first-order valence-electron chi connectivity index (χ1n) is 25.8. The van der Waals surface area contributed by atoms with Gasteiger partial charge < -0.3 is 40.5 Å². The predicted molar refractivity (Wildman–Crippen MR) is 352 cm³/mol. The fourth-order valence-electron chi connectivity index (χ4n) is 8.14. The maximum absolute atomic E-state index is 10.9. The molecule has 5 atom stereocenters. The summed E-state index contributed by atoms with van der Waals surface area (Å²) >= 11 is 11.5. The number of thioether (sulfide) groups is 5. The van der Waals surface area contributed by atoms with E-state index in [1.54, 1.807) is 18.2 Å². The van der Waals surface area contributed by atoms with Gasteiger partial charge in [0.15, 0.2) is 35.3 Å². The number of fused-ring (bicyclic) bond motifs is 5. The van der Waals surface area contributed by atoms with Crippen LogP contribution in [0.3, 0.4) is 0 Å². The molecule has 13 heterocycles. The Morgan fingerprint density at radius 2 is 0.755 bits per heavy atom. The van der Waals surface area contributed by atoms with E-state index in [2.05, 4.69) is 90.6 Å². The number of pyridine rings is 5. The number of hydrogen-bond acceptors (Lipinski definition) is 25. The van der Waals surface area contributed by atoms with Crippen LogP contribution in [-0.2, 0) is 195 Å². The first-order valence-corrected chi connectivity index (χ1v) is 33.2. The molecule has 23 nitrogen and oxygen atoms in total. The molecule has 0 amide bonds. The van der Waals surface area contributed by atoms with Crippen molar-refractivity contribution in [2.24, 2.45) is 32.0 Å².